The van der Waals surface area contributed by atoms with Gasteiger partial charge in [-0.05, 0) is 55.4 Å². The average Bonchev–Trinajstić information content (AvgIpc) is 2.45. The van der Waals surface area contributed by atoms with E-state index in [4.69, 9.17) is 0 Å². The fourth-order valence-electron chi connectivity index (χ4n) is 1.68. The van der Waals surface area contributed by atoms with Crippen LogP contribution in [-0.2, 0) is 24.7 Å². The second kappa shape index (κ2) is 13.7. The normalized spacial score (nSPS) is 12.4. The van der Waals surface area contributed by atoms with Crippen LogP contribution in [0.25, 0.3) is 0 Å². The lowest BCUT2D eigenvalue weighted by Crippen LogP contribution is -2.35. The summed E-state index contributed by atoms with van der Waals surface area (Å²) in [4.78, 5) is 10.8. The molecule has 0 unspecified atom stereocenters. The largest absolute Gasteiger partial charge is 0.299 e. The third-order valence-corrected chi connectivity index (χ3v) is 8.14. The molecule has 0 aromatic rings. The highest BCUT2D eigenvalue weighted by Crippen LogP contribution is 2.06. The summed E-state index contributed by atoms with van der Waals surface area (Å²) >= 11 is 0. The van der Waals surface area contributed by atoms with Crippen molar-refractivity contribution in [2.75, 3.05) is 0 Å². The van der Waals surface area contributed by atoms with Gasteiger partial charge in [-0.2, -0.15) is 0 Å². The van der Waals surface area contributed by atoms with Crippen LogP contribution in [0.5, 0.6) is 0 Å². The van der Waals surface area contributed by atoms with Crippen LogP contribution < -0.4 is 4.72 Å². The molecule has 0 aromatic carbocycles. The predicted molar refractivity (Wildman–Crippen MR) is 116 cm³/mol. The quantitative estimate of drug-likeness (QED) is 0.663. The molecule has 0 atom stereocenters. The lowest BCUT2D eigenvalue weighted by atomic mass is 9.99. The van der Waals surface area contributed by atoms with Crippen LogP contribution in [0.1, 0.15) is 83.1 Å². The molecule has 0 aromatic heterocycles. The van der Waals surface area contributed by atoms with Crippen LogP contribution in [-0.4, -0.2) is 44.4 Å². The molecule has 0 rings (SSSR count). The van der Waals surface area contributed by atoms with Crippen molar-refractivity contribution in [1.82, 2.24) is 4.72 Å². The molecule has 0 bridgehead atoms. The summed E-state index contributed by atoms with van der Waals surface area (Å²) in [5.41, 5.74) is 0. The van der Waals surface area contributed by atoms with E-state index in [9.17, 15) is 21.6 Å². The van der Waals surface area contributed by atoms with E-state index in [-0.39, 0.29) is 33.6 Å². The smallest absolute Gasteiger partial charge is 0.214 e. The van der Waals surface area contributed by atoms with Gasteiger partial charge in [0, 0.05) is 17.9 Å². The van der Waals surface area contributed by atoms with E-state index in [2.05, 4.69) is 4.72 Å². The minimum atomic E-state index is -3.05. The van der Waals surface area contributed by atoms with Gasteiger partial charge in [0.2, 0.25) is 10.0 Å². The summed E-state index contributed by atoms with van der Waals surface area (Å²) in [7, 11) is -5.86. The van der Waals surface area contributed by atoms with Crippen LogP contribution >= 0.6 is 0 Å². The van der Waals surface area contributed by atoms with Gasteiger partial charge in [-0.3, -0.25) is 4.79 Å². The summed E-state index contributed by atoms with van der Waals surface area (Å²) in [6.07, 6.45) is 0. The van der Waals surface area contributed by atoms with Gasteiger partial charge in [-0.1, -0.05) is 27.7 Å². The highest BCUT2D eigenvalue weighted by molar-refractivity contribution is 7.92. The van der Waals surface area contributed by atoms with Crippen molar-refractivity contribution < 1.29 is 21.6 Å². The molecule has 0 aliphatic heterocycles. The zero-order chi connectivity index (χ0) is 22.7. The van der Waals surface area contributed by atoms with Gasteiger partial charge < -0.3 is 0 Å². The van der Waals surface area contributed by atoms with Crippen molar-refractivity contribution in [1.29, 1.82) is 0 Å². The summed E-state index contributed by atoms with van der Waals surface area (Å²) in [5, 5.41) is -0.815. The number of carbonyl (C=O) groups is 1. The van der Waals surface area contributed by atoms with Crippen LogP contribution in [0, 0.1) is 11.8 Å². The van der Waals surface area contributed by atoms with E-state index in [1.165, 1.54) is 0 Å². The SMILES string of the molecule is CC(C)C(=O)C(C)C.CC(C)NS(=O)(=O)C(C)C.CC(C)S(=O)(=O)C(C)C. The van der Waals surface area contributed by atoms with Crippen LogP contribution in [0.3, 0.4) is 0 Å². The fraction of sp³-hybridized carbons (Fsp3) is 0.947. The van der Waals surface area contributed by atoms with Gasteiger partial charge in [0.05, 0.1) is 15.7 Å². The van der Waals surface area contributed by atoms with Crippen molar-refractivity contribution in [2.24, 2.45) is 11.8 Å². The van der Waals surface area contributed by atoms with E-state index in [0.29, 0.717) is 5.78 Å². The molecule has 0 aliphatic carbocycles. The first-order valence-electron chi connectivity index (χ1n) is 9.58. The highest BCUT2D eigenvalue weighted by atomic mass is 32.2. The molecular weight excluding hydrogens is 386 g/mol. The molecule has 0 aliphatic rings. The number of hydrogen-bond donors (Lipinski definition) is 1. The molecular formula is C19H43NO5S2. The molecule has 0 radical (unpaired) electrons. The Labute approximate surface area is 168 Å². The predicted octanol–water partition coefficient (Wildman–Crippen LogP) is 3.81. The van der Waals surface area contributed by atoms with Gasteiger partial charge in [-0.25, -0.2) is 21.6 Å². The zero-order valence-electron chi connectivity index (χ0n) is 19.3. The summed E-state index contributed by atoms with van der Waals surface area (Å²) in [6, 6.07) is -0.00704. The number of sulfone groups is 1. The molecule has 0 fully saturated rings. The maximum Gasteiger partial charge on any atom is 0.214 e. The van der Waals surface area contributed by atoms with E-state index >= 15 is 0 Å². The van der Waals surface area contributed by atoms with Gasteiger partial charge in [0.15, 0.2) is 9.84 Å². The first kappa shape index (κ1) is 31.2. The Morgan fingerprint density at radius 3 is 0.926 bits per heavy atom. The molecule has 6 nitrogen and oxygen atoms in total. The molecule has 0 amide bonds. The van der Waals surface area contributed by atoms with Gasteiger partial charge >= 0.3 is 0 Å². The number of hydrogen-bond acceptors (Lipinski definition) is 5. The molecule has 0 spiro atoms. The second-order valence-electron chi connectivity index (χ2n) is 8.26. The fourth-order valence-corrected chi connectivity index (χ4v) is 3.69. The first-order chi connectivity index (χ1) is 11.8. The van der Waals surface area contributed by atoms with E-state index in [1.54, 1.807) is 55.4 Å². The summed E-state index contributed by atoms with van der Waals surface area (Å²) in [5.74, 6) is 0.759. The molecule has 166 valence electrons. The lowest BCUT2D eigenvalue weighted by Gasteiger charge is -2.11. The van der Waals surface area contributed by atoms with Gasteiger partial charge in [0.1, 0.15) is 5.78 Å². The molecule has 27 heavy (non-hydrogen) atoms. The Balaban J connectivity index is -0.000000322. The Hall–Kier alpha value is -0.470. The minimum absolute atomic E-state index is 0.00704. The van der Waals surface area contributed by atoms with Crippen molar-refractivity contribution in [2.45, 2.75) is 105 Å². The maximum absolute atomic E-state index is 11.0. The molecule has 0 saturated carbocycles. The lowest BCUT2D eigenvalue weighted by molar-refractivity contribution is -0.124. The number of nitrogens with one attached hydrogen (secondary N) is 1. The van der Waals surface area contributed by atoms with Gasteiger partial charge in [0.25, 0.3) is 0 Å². The van der Waals surface area contributed by atoms with Crippen LogP contribution in [0.4, 0.5) is 0 Å². The second-order valence-corrected chi connectivity index (χ2v) is 13.6. The highest BCUT2D eigenvalue weighted by Gasteiger charge is 2.19. The van der Waals surface area contributed by atoms with Crippen molar-refractivity contribution >= 4 is 25.6 Å². The third-order valence-electron chi connectivity index (χ3n) is 3.47. The van der Waals surface area contributed by atoms with Crippen molar-refractivity contribution in [3.05, 3.63) is 0 Å². The number of carbonyl (C=O) groups excluding carboxylic acids is 1. The number of Topliss-reactive ketones (excluding diaryl/α,β-unsaturated/α-hetero) is 1. The number of sulfonamides is 1. The number of ketones is 1. The Morgan fingerprint density at radius 1 is 0.593 bits per heavy atom. The van der Waals surface area contributed by atoms with Crippen LogP contribution in [0.15, 0.2) is 0 Å². The van der Waals surface area contributed by atoms with E-state index in [1.807, 2.05) is 27.7 Å². The Bertz CT molecular complexity index is 578. The minimum Gasteiger partial charge on any atom is -0.299 e. The van der Waals surface area contributed by atoms with Crippen molar-refractivity contribution in [3.63, 3.8) is 0 Å². The molecule has 0 heterocycles. The third kappa shape index (κ3) is 15.2. The van der Waals surface area contributed by atoms with E-state index < -0.39 is 19.9 Å². The average molecular weight is 430 g/mol. The van der Waals surface area contributed by atoms with Crippen LogP contribution in [0.2, 0.25) is 0 Å². The standard InChI is InChI=1S/C7H14O.C6H15NO2S.C6H14O2S/c1-5(2)7(8)6(3)4;1-5(2)7-10(8,9)6(3)4;1-5(2)9(7,8)6(3)4/h5-6H,1-4H3;5-7H,1-4H3;5-6H,1-4H3. The van der Waals surface area contributed by atoms with Crippen molar-refractivity contribution in [3.8, 4) is 0 Å². The monoisotopic (exact) mass is 429 g/mol. The van der Waals surface area contributed by atoms with E-state index in [0.717, 1.165) is 0 Å². The first-order valence-corrected chi connectivity index (χ1v) is 12.7. The number of rotatable bonds is 7. The molecule has 8 heteroatoms. The topological polar surface area (TPSA) is 97.4 Å². The molecule has 0 saturated heterocycles. The molecule has 1 N–H and O–H groups in total. The maximum atomic E-state index is 11.0. The zero-order valence-corrected chi connectivity index (χ0v) is 21.0. The Morgan fingerprint density at radius 2 is 0.889 bits per heavy atom. The summed E-state index contributed by atoms with van der Waals surface area (Å²) < 4.78 is 46.6. The van der Waals surface area contributed by atoms with Gasteiger partial charge in [-0.15, -0.1) is 0 Å². The summed E-state index contributed by atoms with van der Waals surface area (Å²) in [6.45, 7) is 21.5. The Kier molecular flexibility index (Phi) is 15.8.